The van der Waals surface area contributed by atoms with Gasteiger partial charge >= 0.3 is 0 Å². The quantitative estimate of drug-likeness (QED) is 0.614. The molecule has 0 spiro atoms. The van der Waals surface area contributed by atoms with Gasteiger partial charge in [-0.3, -0.25) is 0 Å². The Labute approximate surface area is 57.1 Å². The average molecular weight is 128 g/mol. The van der Waals surface area contributed by atoms with Gasteiger partial charge in [0.25, 0.3) is 0 Å². The van der Waals surface area contributed by atoms with Crippen LogP contribution >= 0.6 is 0 Å². The van der Waals surface area contributed by atoms with Crippen LogP contribution in [0.5, 0.6) is 0 Å². The highest BCUT2D eigenvalue weighted by Gasteiger charge is 2.39. The lowest BCUT2D eigenvalue weighted by molar-refractivity contribution is 0.140. The van der Waals surface area contributed by atoms with Crippen molar-refractivity contribution in [2.24, 2.45) is 11.8 Å². The third kappa shape index (κ3) is 1.45. The second kappa shape index (κ2) is 2.70. The molecular weight excluding hydrogens is 112 g/mol. The van der Waals surface area contributed by atoms with Crippen molar-refractivity contribution in [1.29, 1.82) is 0 Å². The van der Waals surface area contributed by atoms with Gasteiger partial charge in [0.2, 0.25) is 0 Å². The van der Waals surface area contributed by atoms with Crippen molar-refractivity contribution in [1.82, 2.24) is 0 Å². The summed E-state index contributed by atoms with van der Waals surface area (Å²) in [4.78, 5) is 0. The van der Waals surface area contributed by atoms with Crippen LogP contribution in [0, 0.1) is 11.8 Å². The molecule has 1 aliphatic carbocycles. The zero-order valence-electron chi connectivity index (χ0n) is 6.30. The van der Waals surface area contributed by atoms with E-state index >= 15 is 0 Å². The first-order valence-corrected chi connectivity index (χ1v) is 3.97. The van der Waals surface area contributed by atoms with Crippen LogP contribution in [-0.4, -0.2) is 11.2 Å². The Balaban J connectivity index is 2.17. The molecule has 1 N–H and O–H groups in total. The standard InChI is InChI=1S/C8H16O/c1-3-6-5-7(6)8(9)4-2/h6-9H,3-5H2,1-2H3. The second-order valence-corrected chi connectivity index (χ2v) is 3.04. The van der Waals surface area contributed by atoms with Crippen LogP contribution in [0.3, 0.4) is 0 Å². The van der Waals surface area contributed by atoms with Crippen LogP contribution in [0.15, 0.2) is 0 Å². The summed E-state index contributed by atoms with van der Waals surface area (Å²) in [5, 5.41) is 9.30. The van der Waals surface area contributed by atoms with E-state index in [4.69, 9.17) is 0 Å². The van der Waals surface area contributed by atoms with Gasteiger partial charge < -0.3 is 5.11 Å². The molecule has 0 radical (unpaired) electrons. The minimum atomic E-state index is -0.00468. The molecule has 0 aliphatic heterocycles. The zero-order chi connectivity index (χ0) is 6.85. The van der Waals surface area contributed by atoms with Crippen LogP contribution in [0.25, 0.3) is 0 Å². The normalized spacial score (nSPS) is 36.3. The fourth-order valence-electron chi connectivity index (χ4n) is 1.51. The fourth-order valence-corrected chi connectivity index (χ4v) is 1.51. The molecule has 1 aliphatic rings. The van der Waals surface area contributed by atoms with Crippen molar-refractivity contribution in [2.45, 2.75) is 39.2 Å². The van der Waals surface area contributed by atoms with E-state index in [1.807, 2.05) is 0 Å². The first-order chi connectivity index (χ1) is 4.29. The molecule has 0 aromatic carbocycles. The molecule has 0 heterocycles. The highest BCUT2D eigenvalue weighted by atomic mass is 16.3. The van der Waals surface area contributed by atoms with Gasteiger partial charge in [-0.2, -0.15) is 0 Å². The molecule has 0 saturated heterocycles. The van der Waals surface area contributed by atoms with E-state index in [2.05, 4.69) is 13.8 Å². The minimum Gasteiger partial charge on any atom is -0.393 e. The van der Waals surface area contributed by atoms with Crippen molar-refractivity contribution >= 4 is 0 Å². The summed E-state index contributed by atoms with van der Waals surface area (Å²) in [5.41, 5.74) is 0. The van der Waals surface area contributed by atoms with Gasteiger partial charge in [-0.05, 0) is 24.7 Å². The molecule has 3 atom stereocenters. The molecule has 9 heavy (non-hydrogen) atoms. The Bertz CT molecular complexity index is 90.6. The zero-order valence-corrected chi connectivity index (χ0v) is 6.30. The maximum absolute atomic E-state index is 9.30. The number of hydrogen-bond donors (Lipinski definition) is 1. The summed E-state index contributed by atoms with van der Waals surface area (Å²) in [7, 11) is 0. The van der Waals surface area contributed by atoms with Gasteiger partial charge in [0.1, 0.15) is 0 Å². The molecule has 1 nitrogen and oxygen atoms in total. The monoisotopic (exact) mass is 128 g/mol. The lowest BCUT2D eigenvalue weighted by Crippen LogP contribution is -2.07. The van der Waals surface area contributed by atoms with Crippen molar-refractivity contribution in [2.75, 3.05) is 0 Å². The average Bonchev–Trinajstić information content (AvgIpc) is 2.64. The Morgan fingerprint density at radius 2 is 2.22 bits per heavy atom. The van der Waals surface area contributed by atoms with Crippen LogP contribution in [-0.2, 0) is 0 Å². The number of aliphatic hydroxyl groups is 1. The van der Waals surface area contributed by atoms with Crippen molar-refractivity contribution in [3.05, 3.63) is 0 Å². The maximum Gasteiger partial charge on any atom is 0.0568 e. The molecule has 0 aromatic rings. The molecular formula is C8H16O. The highest BCUT2D eigenvalue weighted by Crippen LogP contribution is 2.44. The SMILES string of the molecule is CCC(O)C1CC1CC. The Morgan fingerprint density at radius 3 is 2.56 bits per heavy atom. The topological polar surface area (TPSA) is 20.2 Å². The molecule has 0 bridgehead atoms. The lowest BCUT2D eigenvalue weighted by atomic mass is 10.1. The predicted octanol–water partition coefficient (Wildman–Crippen LogP) is 1.80. The third-order valence-electron chi connectivity index (χ3n) is 2.41. The van der Waals surface area contributed by atoms with Crippen LogP contribution in [0.4, 0.5) is 0 Å². The molecule has 0 amide bonds. The maximum atomic E-state index is 9.30. The third-order valence-corrected chi connectivity index (χ3v) is 2.41. The van der Waals surface area contributed by atoms with Gasteiger partial charge in [-0.25, -0.2) is 0 Å². The van der Waals surface area contributed by atoms with E-state index in [1.54, 1.807) is 0 Å². The van der Waals surface area contributed by atoms with Gasteiger partial charge in [0.15, 0.2) is 0 Å². The summed E-state index contributed by atoms with van der Waals surface area (Å²) in [6, 6.07) is 0. The van der Waals surface area contributed by atoms with Gasteiger partial charge in [0.05, 0.1) is 6.10 Å². The van der Waals surface area contributed by atoms with Crippen LogP contribution in [0.1, 0.15) is 33.1 Å². The van der Waals surface area contributed by atoms with Crippen LogP contribution in [0.2, 0.25) is 0 Å². The van der Waals surface area contributed by atoms with E-state index in [9.17, 15) is 5.11 Å². The smallest absolute Gasteiger partial charge is 0.0568 e. The second-order valence-electron chi connectivity index (χ2n) is 3.04. The molecule has 1 heteroatoms. The van der Waals surface area contributed by atoms with E-state index in [1.165, 1.54) is 12.8 Å². The Morgan fingerprint density at radius 1 is 1.56 bits per heavy atom. The minimum absolute atomic E-state index is 0.00468. The molecule has 1 rings (SSSR count). The summed E-state index contributed by atoms with van der Waals surface area (Å²) < 4.78 is 0. The van der Waals surface area contributed by atoms with Crippen molar-refractivity contribution < 1.29 is 5.11 Å². The molecule has 1 saturated carbocycles. The molecule has 3 unspecified atom stereocenters. The molecule has 1 fully saturated rings. The van der Waals surface area contributed by atoms with Crippen LogP contribution < -0.4 is 0 Å². The first-order valence-electron chi connectivity index (χ1n) is 3.97. The van der Waals surface area contributed by atoms with Gasteiger partial charge in [0, 0.05) is 0 Å². The van der Waals surface area contributed by atoms with E-state index < -0.39 is 0 Å². The fraction of sp³-hybridized carbons (Fsp3) is 1.00. The van der Waals surface area contributed by atoms with E-state index in [0.717, 1.165) is 12.3 Å². The Kier molecular flexibility index (Phi) is 2.12. The molecule has 54 valence electrons. The molecule has 0 aromatic heterocycles. The lowest BCUT2D eigenvalue weighted by Gasteiger charge is -2.04. The summed E-state index contributed by atoms with van der Waals surface area (Å²) in [6.45, 7) is 4.25. The number of aliphatic hydroxyl groups excluding tert-OH is 1. The van der Waals surface area contributed by atoms with E-state index in [-0.39, 0.29) is 6.10 Å². The highest BCUT2D eigenvalue weighted by molar-refractivity contribution is 4.89. The van der Waals surface area contributed by atoms with Gasteiger partial charge in [-0.1, -0.05) is 20.3 Å². The Hall–Kier alpha value is -0.0400. The predicted molar refractivity (Wildman–Crippen MR) is 38.2 cm³/mol. The van der Waals surface area contributed by atoms with Gasteiger partial charge in [-0.15, -0.1) is 0 Å². The number of hydrogen-bond acceptors (Lipinski definition) is 1. The largest absolute Gasteiger partial charge is 0.393 e. The van der Waals surface area contributed by atoms with E-state index in [0.29, 0.717) is 5.92 Å². The number of rotatable bonds is 3. The summed E-state index contributed by atoms with van der Waals surface area (Å²) in [5.74, 6) is 1.50. The first kappa shape index (κ1) is 7.07. The summed E-state index contributed by atoms with van der Waals surface area (Å²) in [6.07, 6.45) is 3.45. The van der Waals surface area contributed by atoms with Crippen molar-refractivity contribution in [3.8, 4) is 0 Å². The summed E-state index contributed by atoms with van der Waals surface area (Å²) >= 11 is 0. The van der Waals surface area contributed by atoms with Crippen molar-refractivity contribution in [3.63, 3.8) is 0 Å².